The molecule has 4 atom stereocenters. The largest absolute Gasteiger partial charge is 0.470 e. The van der Waals surface area contributed by atoms with Crippen molar-refractivity contribution >= 4 is 11.8 Å². The highest BCUT2D eigenvalue weighted by molar-refractivity contribution is 5.97. The van der Waals surface area contributed by atoms with E-state index in [4.69, 9.17) is 24.4 Å². The molecule has 5 nitrogen and oxygen atoms in total. The zero-order chi connectivity index (χ0) is 19.7. The Balaban J connectivity index is 1.20. The molecule has 0 amide bonds. The van der Waals surface area contributed by atoms with E-state index in [0.717, 1.165) is 24.2 Å². The number of ether oxygens (including phenoxy) is 2. The number of aliphatic imine (C=N–C) groups is 2. The molecule has 0 N–H and O–H groups in total. The van der Waals surface area contributed by atoms with Crippen molar-refractivity contribution in [3.63, 3.8) is 0 Å². The number of rotatable bonds is 2. The van der Waals surface area contributed by atoms with Gasteiger partial charge in [0.15, 0.2) is 0 Å². The summed E-state index contributed by atoms with van der Waals surface area (Å²) in [5.74, 6) is 1.23. The zero-order valence-corrected chi connectivity index (χ0v) is 16.2. The molecule has 0 saturated heterocycles. The summed E-state index contributed by atoms with van der Waals surface area (Å²) >= 11 is 0. The van der Waals surface area contributed by atoms with E-state index in [9.17, 15) is 0 Å². The van der Waals surface area contributed by atoms with Gasteiger partial charge in [-0.2, -0.15) is 0 Å². The standard InChI is InChI=1S/C25H19N3O2/c1-3-8-16-14(6-1)12-20-22(16)27-24(29-20)18-10-5-11-19(26-18)25-28-23-17-9-4-2-7-15(17)13-21(23)30-25/h1-11,20-23H,12-13H2. The fourth-order valence-electron chi connectivity index (χ4n) is 5.12. The van der Waals surface area contributed by atoms with Gasteiger partial charge in [-0.3, -0.25) is 0 Å². The van der Waals surface area contributed by atoms with E-state index >= 15 is 0 Å². The molecule has 0 bridgehead atoms. The molecule has 0 fully saturated rings. The van der Waals surface area contributed by atoms with Crippen LogP contribution in [0.25, 0.3) is 0 Å². The van der Waals surface area contributed by atoms with E-state index in [1.54, 1.807) is 0 Å². The van der Waals surface area contributed by atoms with Crippen LogP contribution >= 0.6 is 0 Å². The van der Waals surface area contributed by atoms with Crippen LogP contribution in [0.15, 0.2) is 76.7 Å². The van der Waals surface area contributed by atoms with E-state index in [1.165, 1.54) is 22.3 Å². The number of aromatic nitrogens is 1. The lowest BCUT2D eigenvalue weighted by molar-refractivity contribution is 0.205. The molecule has 0 saturated carbocycles. The lowest BCUT2D eigenvalue weighted by Gasteiger charge is -2.10. The molecule has 2 aliphatic carbocycles. The van der Waals surface area contributed by atoms with Gasteiger partial charge in [0.2, 0.25) is 11.8 Å². The highest BCUT2D eigenvalue weighted by atomic mass is 16.5. The second-order valence-corrected chi connectivity index (χ2v) is 8.28. The molecule has 2 aromatic carbocycles. The predicted octanol–water partition coefficient (Wildman–Crippen LogP) is 3.97. The molecule has 4 unspecified atom stereocenters. The monoisotopic (exact) mass is 393 g/mol. The average Bonchev–Trinajstić information content (AvgIpc) is 3.52. The first-order valence-corrected chi connectivity index (χ1v) is 10.5. The Kier molecular flexibility index (Phi) is 3.28. The molecular weight excluding hydrogens is 374 g/mol. The van der Waals surface area contributed by atoms with Crippen LogP contribution in [0.4, 0.5) is 0 Å². The molecule has 5 heteroatoms. The Hall–Kier alpha value is -3.47. The van der Waals surface area contributed by atoms with E-state index < -0.39 is 0 Å². The topological polar surface area (TPSA) is 56.1 Å². The molecule has 0 spiro atoms. The van der Waals surface area contributed by atoms with Crippen molar-refractivity contribution in [2.24, 2.45) is 9.98 Å². The van der Waals surface area contributed by atoms with Crippen LogP contribution in [0, 0.1) is 0 Å². The van der Waals surface area contributed by atoms with Gasteiger partial charge >= 0.3 is 0 Å². The van der Waals surface area contributed by atoms with Gasteiger partial charge in [0.1, 0.15) is 35.7 Å². The molecule has 1 aromatic heterocycles. The van der Waals surface area contributed by atoms with Crippen molar-refractivity contribution in [3.8, 4) is 0 Å². The molecule has 30 heavy (non-hydrogen) atoms. The van der Waals surface area contributed by atoms with E-state index in [1.807, 2.05) is 18.2 Å². The number of benzene rings is 2. The quantitative estimate of drug-likeness (QED) is 0.662. The molecule has 7 rings (SSSR count). The molecule has 146 valence electrons. The smallest absolute Gasteiger partial charge is 0.236 e. The Morgan fingerprint density at radius 2 is 1.10 bits per heavy atom. The van der Waals surface area contributed by atoms with Crippen LogP contribution in [0.3, 0.4) is 0 Å². The van der Waals surface area contributed by atoms with Gasteiger partial charge in [-0.1, -0.05) is 54.6 Å². The molecular formula is C25H19N3O2. The highest BCUT2D eigenvalue weighted by Gasteiger charge is 2.41. The second-order valence-electron chi connectivity index (χ2n) is 8.28. The summed E-state index contributed by atoms with van der Waals surface area (Å²) in [6.07, 6.45) is 1.93. The predicted molar refractivity (Wildman–Crippen MR) is 113 cm³/mol. The maximum Gasteiger partial charge on any atom is 0.236 e. The van der Waals surface area contributed by atoms with Gasteiger partial charge in [-0.05, 0) is 34.4 Å². The Morgan fingerprint density at radius 3 is 1.63 bits per heavy atom. The van der Waals surface area contributed by atoms with Gasteiger partial charge in [0.25, 0.3) is 0 Å². The van der Waals surface area contributed by atoms with Crippen molar-refractivity contribution in [2.75, 3.05) is 0 Å². The van der Waals surface area contributed by atoms with Crippen LogP contribution in [0.5, 0.6) is 0 Å². The summed E-state index contributed by atoms with van der Waals surface area (Å²) in [7, 11) is 0. The summed E-state index contributed by atoms with van der Waals surface area (Å²) in [5, 5.41) is 0. The summed E-state index contributed by atoms with van der Waals surface area (Å²) in [6, 6.07) is 22.9. The van der Waals surface area contributed by atoms with Crippen molar-refractivity contribution in [1.82, 2.24) is 4.98 Å². The Bertz CT molecular complexity index is 1160. The van der Waals surface area contributed by atoms with Crippen LogP contribution in [-0.4, -0.2) is 29.0 Å². The van der Waals surface area contributed by atoms with E-state index in [0.29, 0.717) is 11.8 Å². The fourth-order valence-corrected chi connectivity index (χ4v) is 5.12. The minimum absolute atomic E-state index is 0.0672. The Morgan fingerprint density at radius 1 is 0.600 bits per heavy atom. The lowest BCUT2D eigenvalue weighted by atomic mass is 10.1. The summed E-state index contributed by atoms with van der Waals surface area (Å²) < 4.78 is 12.4. The molecule has 3 heterocycles. The number of nitrogens with zero attached hydrogens (tertiary/aromatic N) is 3. The van der Waals surface area contributed by atoms with Crippen LogP contribution in [0.1, 0.15) is 45.7 Å². The molecule has 3 aromatic rings. The van der Waals surface area contributed by atoms with Gasteiger partial charge in [-0.15, -0.1) is 0 Å². The first kappa shape index (κ1) is 16.3. The van der Waals surface area contributed by atoms with Gasteiger partial charge in [-0.25, -0.2) is 15.0 Å². The second kappa shape index (κ2) is 6.02. The molecule has 2 aliphatic heterocycles. The summed E-state index contributed by atoms with van der Waals surface area (Å²) in [5.41, 5.74) is 6.67. The third-order valence-electron chi connectivity index (χ3n) is 6.52. The first-order valence-electron chi connectivity index (χ1n) is 10.5. The molecule has 4 aliphatic rings. The number of hydrogen-bond donors (Lipinski definition) is 0. The van der Waals surface area contributed by atoms with E-state index in [-0.39, 0.29) is 24.3 Å². The van der Waals surface area contributed by atoms with Gasteiger partial charge in [0.05, 0.1) is 0 Å². The average molecular weight is 393 g/mol. The minimum atomic E-state index is 0.0672. The zero-order valence-electron chi connectivity index (χ0n) is 16.2. The van der Waals surface area contributed by atoms with Crippen molar-refractivity contribution in [2.45, 2.75) is 37.1 Å². The van der Waals surface area contributed by atoms with Gasteiger partial charge < -0.3 is 9.47 Å². The number of hydrogen-bond acceptors (Lipinski definition) is 5. The van der Waals surface area contributed by atoms with Crippen LogP contribution < -0.4 is 0 Å². The third kappa shape index (κ3) is 2.32. The first-order chi connectivity index (χ1) is 14.8. The highest BCUT2D eigenvalue weighted by Crippen LogP contribution is 2.42. The number of pyridine rings is 1. The van der Waals surface area contributed by atoms with Crippen LogP contribution in [0.2, 0.25) is 0 Å². The Labute approximate surface area is 174 Å². The van der Waals surface area contributed by atoms with Gasteiger partial charge in [0, 0.05) is 12.8 Å². The summed E-state index contributed by atoms with van der Waals surface area (Å²) in [6.45, 7) is 0. The maximum absolute atomic E-state index is 6.20. The lowest BCUT2D eigenvalue weighted by Crippen LogP contribution is -2.17. The van der Waals surface area contributed by atoms with Crippen molar-refractivity contribution in [1.29, 1.82) is 0 Å². The van der Waals surface area contributed by atoms with E-state index in [2.05, 4.69) is 48.5 Å². The van der Waals surface area contributed by atoms with Crippen molar-refractivity contribution in [3.05, 3.63) is 100 Å². The normalized spacial score (nSPS) is 27.3. The fraction of sp³-hybridized carbons (Fsp3) is 0.240. The maximum atomic E-state index is 6.20. The molecule has 0 radical (unpaired) electrons. The third-order valence-corrected chi connectivity index (χ3v) is 6.52. The minimum Gasteiger partial charge on any atom is -0.470 e. The SMILES string of the molecule is c1cc(C2=NC3c4ccccc4CC3O2)nc(C2=NC3c4ccccc4CC3O2)c1. The van der Waals surface area contributed by atoms with Crippen LogP contribution in [-0.2, 0) is 22.3 Å². The van der Waals surface area contributed by atoms with Crippen molar-refractivity contribution < 1.29 is 9.47 Å². The number of fused-ring (bicyclic) bond motifs is 6. The summed E-state index contributed by atoms with van der Waals surface area (Å²) in [4.78, 5) is 14.5.